The Hall–Kier alpha value is -0.560. The predicted octanol–water partition coefficient (Wildman–Crippen LogP) is 2.21. The molecule has 1 aromatic rings. The summed E-state index contributed by atoms with van der Waals surface area (Å²) in [4.78, 5) is 2.25. The molecule has 0 saturated heterocycles. The van der Waals surface area contributed by atoms with Gasteiger partial charge in [-0.2, -0.15) is 0 Å². The zero-order chi connectivity index (χ0) is 15.5. The van der Waals surface area contributed by atoms with Gasteiger partial charge in [0, 0.05) is 19.2 Å². The topological polar surface area (TPSA) is 53.8 Å². The third-order valence-electron chi connectivity index (χ3n) is 3.21. The van der Waals surface area contributed by atoms with E-state index in [0.717, 1.165) is 13.0 Å². The Morgan fingerprint density at radius 2 is 1.70 bits per heavy atom. The van der Waals surface area contributed by atoms with Crippen LogP contribution in [0.1, 0.15) is 23.5 Å². The predicted molar refractivity (Wildman–Crippen MR) is 80.7 cm³/mol. The van der Waals surface area contributed by atoms with E-state index in [1.807, 2.05) is 19.0 Å². The molecule has 0 aromatic carbocycles. The minimum absolute atomic E-state index is 0.128. The highest BCUT2D eigenvalue weighted by Crippen LogP contribution is 2.29. The van der Waals surface area contributed by atoms with Crippen molar-refractivity contribution in [2.75, 3.05) is 34.2 Å². The molecule has 0 saturated carbocycles. The van der Waals surface area contributed by atoms with Crippen LogP contribution in [0.3, 0.4) is 0 Å². The van der Waals surface area contributed by atoms with Crippen molar-refractivity contribution in [3.63, 3.8) is 0 Å². The summed E-state index contributed by atoms with van der Waals surface area (Å²) in [5.74, 6) is 1.10. The molecule has 1 rings (SSSR count). The summed E-state index contributed by atoms with van der Waals surface area (Å²) >= 11 is 5.86. The first-order chi connectivity index (χ1) is 9.21. The summed E-state index contributed by atoms with van der Waals surface area (Å²) in [5.41, 5.74) is 0.559. The van der Waals surface area contributed by atoms with Gasteiger partial charge >= 0.3 is 0 Å². The quantitative estimate of drug-likeness (QED) is 0.722. The second kappa shape index (κ2) is 6.93. The Morgan fingerprint density at radius 3 is 2.20 bits per heavy atom. The van der Waals surface area contributed by atoms with Crippen LogP contribution in [0.5, 0.6) is 0 Å². The van der Waals surface area contributed by atoms with Gasteiger partial charge in [0.1, 0.15) is 16.4 Å². The van der Waals surface area contributed by atoms with E-state index in [0.29, 0.717) is 23.6 Å². The van der Waals surface area contributed by atoms with Crippen LogP contribution >= 0.6 is 11.6 Å². The zero-order valence-electron chi connectivity index (χ0n) is 12.7. The normalized spacial score (nSPS) is 12.6. The molecule has 0 spiro atoms. The number of sulfonamides is 1. The van der Waals surface area contributed by atoms with Crippen molar-refractivity contribution < 1.29 is 12.8 Å². The first-order valence-electron chi connectivity index (χ1n) is 6.47. The molecule has 0 aliphatic rings. The van der Waals surface area contributed by atoms with Crippen LogP contribution in [0.15, 0.2) is 9.31 Å². The fourth-order valence-corrected chi connectivity index (χ4v) is 4.10. The van der Waals surface area contributed by atoms with E-state index in [-0.39, 0.29) is 10.8 Å². The number of furan rings is 1. The first-order valence-corrected chi connectivity index (χ1v) is 8.45. The van der Waals surface area contributed by atoms with Crippen LogP contribution in [0, 0.1) is 13.8 Å². The molecular weight excluding hydrogens is 300 g/mol. The second-order valence-corrected chi connectivity index (χ2v) is 7.39. The molecule has 0 atom stereocenters. The fraction of sp³-hybridized carbons (Fsp3) is 0.692. The van der Waals surface area contributed by atoms with E-state index < -0.39 is 10.0 Å². The van der Waals surface area contributed by atoms with Crippen molar-refractivity contribution in [2.45, 2.75) is 31.0 Å². The van der Waals surface area contributed by atoms with Crippen molar-refractivity contribution in [3.05, 3.63) is 17.1 Å². The van der Waals surface area contributed by atoms with Gasteiger partial charge < -0.3 is 9.32 Å². The van der Waals surface area contributed by atoms with Gasteiger partial charge in [-0.1, -0.05) is 0 Å². The maximum absolute atomic E-state index is 12.6. The monoisotopic (exact) mass is 322 g/mol. The van der Waals surface area contributed by atoms with Gasteiger partial charge in [0.05, 0.1) is 5.88 Å². The molecule has 7 heteroatoms. The Balaban J connectivity index is 2.99. The highest BCUT2D eigenvalue weighted by Gasteiger charge is 2.29. The number of nitrogens with zero attached hydrogens (tertiary/aromatic N) is 2. The summed E-state index contributed by atoms with van der Waals surface area (Å²) < 4.78 is 32.0. The molecular formula is C13H23ClN2O3S. The first kappa shape index (κ1) is 17.5. The highest BCUT2D eigenvalue weighted by atomic mass is 35.5. The molecule has 0 aliphatic carbocycles. The summed E-state index contributed by atoms with van der Waals surface area (Å²) in [6, 6.07) is 0. The minimum atomic E-state index is -3.55. The van der Waals surface area contributed by atoms with Crippen molar-refractivity contribution in [1.29, 1.82) is 0 Å². The van der Waals surface area contributed by atoms with Gasteiger partial charge in [-0.3, -0.25) is 0 Å². The standard InChI is InChI=1S/C13H23ClN2O3S/c1-10-12(9-14)13(11(2)19-10)20(17,18)16(5)8-6-7-15(3)4/h6-9H2,1-5H3. The lowest BCUT2D eigenvalue weighted by atomic mass is 10.3. The number of halogens is 1. The molecule has 0 unspecified atom stereocenters. The maximum Gasteiger partial charge on any atom is 0.246 e. The smallest absolute Gasteiger partial charge is 0.246 e. The van der Waals surface area contributed by atoms with Crippen LogP contribution < -0.4 is 0 Å². The van der Waals surface area contributed by atoms with Gasteiger partial charge in [0.2, 0.25) is 10.0 Å². The van der Waals surface area contributed by atoms with E-state index in [1.165, 1.54) is 4.31 Å². The van der Waals surface area contributed by atoms with E-state index in [4.69, 9.17) is 16.0 Å². The fourth-order valence-electron chi connectivity index (χ4n) is 2.09. The largest absolute Gasteiger partial charge is 0.465 e. The third-order valence-corrected chi connectivity index (χ3v) is 5.53. The van der Waals surface area contributed by atoms with E-state index >= 15 is 0 Å². The van der Waals surface area contributed by atoms with Gasteiger partial charge in [0.25, 0.3) is 0 Å². The van der Waals surface area contributed by atoms with E-state index in [9.17, 15) is 8.42 Å². The molecule has 20 heavy (non-hydrogen) atoms. The minimum Gasteiger partial charge on any atom is -0.465 e. The molecule has 5 nitrogen and oxygen atoms in total. The van der Waals surface area contributed by atoms with Crippen LogP contribution in [-0.4, -0.2) is 51.9 Å². The number of rotatable bonds is 7. The van der Waals surface area contributed by atoms with Gasteiger partial charge in [-0.15, -0.1) is 11.6 Å². The second-order valence-electron chi connectivity index (χ2n) is 5.14. The maximum atomic E-state index is 12.6. The Bertz CT molecular complexity index is 552. The van der Waals surface area contributed by atoms with Crippen LogP contribution in [0.2, 0.25) is 0 Å². The Kier molecular flexibility index (Phi) is 6.06. The molecule has 0 radical (unpaired) electrons. The van der Waals surface area contributed by atoms with Crippen molar-refractivity contribution in [3.8, 4) is 0 Å². The molecule has 0 amide bonds. The summed E-state index contributed by atoms with van der Waals surface area (Å²) in [6.07, 6.45) is 0.773. The lowest BCUT2D eigenvalue weighted by molar-refractivity contribution is 0.370. The summed E-state index contributed by atoms with van der Waals surface area (Å²) in [6.45, 7) is 4.69. The van der Waals surface area contributed by atoms with Crippen molar-refractivity contribution in [1.82, 2.24) is 9.21 Å². The molecule has 0 bridgehead atoms. The SMILES string of the molecule is Cc1oc(C)c(S(=O)(=O)N(C)CCCN(C)C)c1CCl. The van der Waals surface area contributed by atoms with Gasteiger partial charge in [-0.25, -0.2) is 12.7 Å². The van der Waals surface area contributed by atoms with Crippen LogP contribution in [-0.2, 0) is 15.9 Å². The van der Waals surface area contributed by atoms with Crippen molar-refractivity contribution >= 4 is 21.6 Å². The number of hydrogen-bond donors (Lipinski definition) is 0. The zero-order valence-corrected chi connectivity index (χ0v) is 14.3. The van der Waals surface area contributed by atoms with Crippen molar-refractivity contribution in [2.24, 2.45) is 0 Å². The molecule has 1 aromatic heterocycles. The summed E-state index contributed by atoms with van der Waals surface area (Å²) in [7, 11) is 1.96. The third kappa shape index (κ3) is 3.75. The van der Waals surface area contributed by atoms with Crippen LogP contribution in [0.25, 0.3) is 0 Å². The lowest BCUT2D eigenvalue weighted by Gasteiger charge is -2.18. The van der Waals surface area contributed by atoms with Gasteiger partial charge in [-0.05, 0) is 40.9 Å². The molecule has 0 fully saturated rings. The number of aryl methyl sites for hydroxylation is 2. The van der Waals surface area contributed by atoms with Crippen LogP contribution in [0.4, 0.5) is 0 Å². The lowest BCUT2D eigenvalue weighted by Crippen LogP contribution is -2.30. The molecule has 1 heterocycles. The number of hydrogen-bond acceptors (Lipinski definition) is 4. The average molecular weight is 323 g/mol. The van der Waals surface area contributed by atoms with E-state index in [1.54, 1.807) is 20.9 Å². The summed E-state index contributed by atoms with van der Waals surface area (Å²) in [5, 5.41) is 0. The van der Waals surface area contributed by atoms with E-state index in [2.05, 4.69) is 0 Å². The number of alkyl halides is 1. The average Bonchev–Trinajstić information content (AvgIpc) is 2.63. The molecule has 0 aliphatic heterocycles. The van der Waals surface area contributed by atoms with Gasteiger partial charge in [0.15, 0.2) is 0 Å². The Morgan fingerprint density at radius 1 is 1.10 bits per heavy atom. The Labute approximate surface area is 126 Å². The molecule has 116 valence electrons. The highest BCUT2D eigenvalue weighted by molar-refractivity contribution is 7.89. The molecule has 0 N–H and O–H groups in total.